The van der Waals surface area contributed by atoms with Gasteiger partial charge in [0.15, 0.2) is 0 Å². The lowest BCUT2D eigenvalue weighted by Crippen LogP contribution is -2.48. The molecule has 0 bridgehead atoms. The maximum absolute atomic E-state index is 12.9. The third kappa shape index (κ3) is 3.77. The first-order valence-corrected chi connectivity index (χ1v) is 9.22. The fraction of sp³-hybridized carbons (Fsp3) is 0.318. The molecule has 0 fully saturated rings. The molecular formula is C22H24N2O3. The van der Waals surface area contributed by atoms with E-state index in [-0.39, 0.29) is 11.9 Å². The Morgan fingerprint density at radius 3 is 1.93 bits per heavy atom. The fourth-order valence-corrected chi connectivity index (χ4v) is 3.40. The van der Waals surface area contributed by atoms with Gasteiger partial charge in [-0.2, -0.15) is 0 Å². The summed E-state index contributed by atoms with van der Waals surface area (Å²) in [5.74, 6) is -0.791. The number of nitrogens with zero attached hydrogens (tertiary/aromatic N) is 1. The first-order chi connectivity index (χ1) is 12.9. The van der Waals surface area contributed by atoms with E-state index in [0.29, 0.717) is 17.0 Å². The van der Waals surface area contributed by atoms with Crippen molar-refractivity contribution in [3.05, 3.63) is 71.3 Å². The fourth-order valence-electron chi connectivity index (χ4n) is 3.40. The Bertz CT molecular complexity index is 826. The molecule has 0 saturated carbocycles. The minimum absolute atomic E-state index is 0.170. The number of carbonyl (C=O) groups excluding carboxylic acids is 3. The summed E-state index contributed by atoms with van der Waals surface area (Å²) in [5, 5.41) is 3.02. The third-order valence-corrected chi connectivity index (χ3v) is 4.82. The first-order valence-electron chi connectivity index (χ1n) is 9.22. The lowest BCUT2D eigenvalue weighted by atomic mass is 9.96. The van der Waals surface area contributed by atoms with Gasteiger partial charge in [0.1, 0.15) is 6.04 Å². The molecule has 1 N–H and O–H groups in total. The number of nitrogens with one attached hydrogen (secondary N) is 1. The van der Waals surface area contributed by atoms with E-state index in [1.807, 2.05) is 30.3 Å². The van der Waals surface area contributed by atoms with E-state index < -0.39 is 17.9 Å². The van der Waals surface area contributed by atoms with Crippen molar-refractivity contribution in [2.45, 2.75) is 39.3 Å². The number of fused-ring (bicyclic) bond motifs is 1. The summed E-state index contributed by atoms with van der Waals surface area (Å²) >= 11 is 0. The number of hydrogen-bond donors (Lipinski definition) is 1. The van der Waals surface area contributed by atoms with Gasteiger partial charge in [0.2, 0.25) is 5.91 Å². The molecule has 1 aliphatic heterocycles. The first kappa shape index (κ1) is 18.8. The maximum Gasteiger partial charge on any atom is 0.262 e. The molecule has 1 heterocycles. The molecule has 3 amide bonds. The van der Waals surface area contributed by atoms with E-state index in [0.717, 1.165) is 16.9 Å². The number of hydrogen-bond acceptors (Lipinski definition) is 3. The lowest BCUT2D eigenvalue weighted by Gasteiger charge is -2.26. The summed E-state index contributed by atoms with van der Waals surface area (Å²) in [5.41, 5.74) is 1.71. The van der Waals surface area contributed by atoms with Gasteiger partial charge >= 0.3 is 0 Å². The van der Waals surface area contributed by atoms with Gasteiger partial charge in [-0.15, -0.1) is 0 Å². The lowest BCUT2D eigenvalue weighted by molar-refractivity contribution is -0.125. The number of rotatable bonds is 6. The Morgan fingerprint density at radius 1 is 0.889 bits per heavy atom. The number of carbonyl (C=O) groups is 3. The molecule has 1 aliphatic rings. The molecule has 2 aromatic rings. The molecule has 27 heavy (non-hydrogen) atoms. The largest absolute Gasteiger partial charge is 0.347 e. The predicted molar refractivity (Wildman–Crippen MR) is 103 cm³/mol. The molecular weight excluding hydrogens is 340 g/mol. The Morgan fingerprint density at radius 2 is 1.41 bits per heavy atom. The molecule has 0 aromatic heterocycles. The van der Waals surface area contributed by atoms with Crippen molar-refractivity contribution >= 4 is 17.7 Å². The quantitative estimate of drug-likeness (QED) is 0.797. The minimum Gasteiger partial charge on any atom is -0.347 e. The zero-order valence-electron chi connectivity index (χ0n) is 15.8. The van der Waals surface area contributed by atoms with Gasteiger partial charge in [0.05, 0.1) is 17.2 Å². The van der Waals surface area contributed by atoms with Crippen molar-refractivity contribution in [3.8, 4) is 0 Å². The van der Waals surface area contributed by atoms with Crippen molar-refractivity contribution in [1.82, 2.24) is 10.2 Å². The highest BCUT2D eigenvalue weighted by Gasteiger charge is 2.40. The summed E-state index contributed by atoms with van der Waals surface area (Å²) in [4.78, 5) is 39.2. The summed E-state index contributed by atoms with van der Waals surface area (Å²) in [6.45, 7) is 5.78. The Balaban J connectivity index is 1.79. The molecule has 0 radical (unpaired) electrons. The second-order valence-electron chi connectivity index (χ2n) is 7.30. The van der Waals surface area contributed by atoms with Gasteiger partial charge < -0.3 is 5.32 Å². The van der Waals surface area contributed by atoms with Crippen molar-refractivity contribution in [1.29, 1.82) is 0 Å². The molecule has 3 rings (SSSR count). The van der Waals surface area contributed by atoms with Crippen LogP contribution in [0.4, 0.5) is 0 Å². The molecule has 0 unspecified atom stereocenters. The average molecular weight is 364 g/mol. The Labute approximate surface area is 159 Å². The van der Waals surface area contributed by atoms with Crippen molar-refractivity contribution < 1.29 is 14.4 Å². The smallest absolute Gasteiger partial charge is 0.262 e. The summed E-state index contributed by atoms with van der Waals surface area (Å²) in [6, 6.07) is 15.4. The second kappa shape index (κ2) is 7.74. The SMILES string of the molecule is CC(C)C[C@H](NC(=O)[C@@H](C)N1C(=O)c2ccccc2C1=O)c1ccccc1. The maximum atomic E-state index is 12.9. The Kier molecular flexibility index (Phi) is 5.40. The van der Waals surface area contributed by atoms with Crippen LogP contribution in [0.2, 0.25) is 0 Å². The van der Waals surface area contributed by atoms with Crippen molar-refractivity contribution in [2.75, 3.05) is 0 Å². The average Bonchev–Trinajstić information content (AvgIpc) is 2.92. The van der Waals surface area contributed by atoms with Crippen LogP contribution >= 0.6 is 0 Å². The van der Waals surface area contributed by atoms with E-state index in [1.165, 1.54) is 0 Å². The monoisotopic (exact) mass is 364 g/mol. The van der Waals surface area contributed by atoms with Gasteiger partial charge in [-0.05, 0) is 37.0 Å². The zero-order valence-corrected chi connectivity index (χ0v) is 15.8. The topological polar surface area (TPSA) is 66.5 Å². The van der Waals surface area contributed by atoms with Gasteiger partial charge in [-0.3, -0.25) is 19.3 Å². The van der Waals surface area contributed by atoms with Crippen LogP contribution in [0.5, 0.6) is 0 Å². The number of benzene rings is 2. The summed E-state index contributed by atoms with van der Waals surface area (Å²) in [6.07, 6.45) is 0.768. The highest BCUT2D eigenvalue weighted by Crippen LogP contribution is 2.26. The summed E-state index contributed by atoms with van der Waals surface area (Å²) < 4.78 is 0. The van der Waals surface area contributed by atoms with Crippen molar-refractivity contribution in [2.24, 2.45) is 5.92 Å². The Hall–Kier alpha value is -2.95. The normalized spacial score (nSPS) is 15.6. The van der Waals surface area contributed by atoms with Crippen LogP contribution in [-0.4, -0.2) is 28.7 Å². The molecule has 2 atom stereocenters. The molecule has 0 saturated heterocycles. The predicted octanol–water partition coefficient (Wildman–Crippen LogP) is 3.57. The number of imide groups is 1. The molecule has 0 spiro atoms. The van der Waals surface area contributed by atoms with E-state index in [4.69, 9.17) is 0 Å². The number of amides is 3. The highest BCUT2D eigenvalue weighted by molar-refractivity contribution is 6.22. The van der Waals surface area contributed by atoms with Crippen LogP contribution in [0.1, 0.15) is 59.5 Å². The molecule has 140 valence electrons. The molecule has 2 aromatic carbocycles. The summed E-state index contributed by atoms with van der Waals surface area (Å²) in [7, 11) is 0. The van der Waals surface area contributed by atoms with Gasteiger partial charge in [-0.25, -0.2) is 0 Å². The van der Waals surface area contributed by atoms with E-state index in [2.05, 4.69) is 19.2 Å². The van der Waals surface area contributed by atoms with Crippen LogP contribution in [0.15, 0.2) is 54.6 Å². The second-order valence-corrected chi connectivity index (χ2v) is 7.30. The van der Waals surface area contributed by atoms with Gasteiger partial charge in [0, 0.05) is 0 Å². The van der Waals surface area contributed by atoms with Crippen LogP contribution < -0.4 is 5.32 Å². The molecule has 5 heteroatoms. The zero-order chi connectivity index (χ0) is 19.6. The standard InChI is InChI=1S/C22H24N2O3/c1-14(2)13-19(16-9-5-4-6-10-16)23-20(25)15(3)24-21(26)17-11-7-8-12-18(17)22(24)27/h4-12,14-15,19H,13H2,1-3H3,(H,23,25)/t15-,19+/m1/s1. The van der Waals surface area contributed by atoms with Crippen LogP contribution in [-0.2, 0) is 4.79 Å². The van der Waals surface area contributed by atoms with Gasteiger partial charge in [-0.1, -0.05) is 56.3 Å². The molecule has 0 aliphatic carbocycles. The molecule has 5 nitrogen and oxygen atoms in total. The van der Waals surface area contributed by atoms with E-state index >= 15 is 0 Å². The van der Waals surface area contributed by atoms with E-state index in [9.17, 15) is 14.4 Å². The third-order valence-electron chi connectivity index (χ3n) is 4.82. The highest BCUT2D eigenvalue weighted by atomic mass is 16.2. The van der Waals surface area contributed by atoms with Crippen LogP contribution in [0.25, 0.3) is 0 Å². The van der Waals surface area contributed by atoms with Crippen LogP contribution in [0, 0.1) is 5.92 Å². The van der Waals surface area contributed by atoms with Gasteiger partial charge in [0.25, 0.3) is 11.8 Å². The van der Waals surface area contributed by atoms with E-state index in [1.54, 1.807) is 31.2 Å². The van der Waals surface area contributed by atoms with Crippen LogP contribution in [0.3, 0.4) is 0 Å². The van der Waals surface area contributed by atoms with Crippen molar-refractivity contribution in [3.63, 3.8) is 0 Å². The minimum atomic E-state index is -0.879.